The van der Waals surface area contributed by atoms with E-state index in [-0.39, 0.29) is 11.7 Å². The zero-order valence-electron chi connectivity index (χ0n) is 18.2. The zero-order valence-corrected chi connectivity index (χ0v) is 21.2. The number of anilines is 1. The Hall–Kier alpha value is -2.67. The van der Waals surface area contributed by atoms with Gasteiger partial charge in [-0.2, -0.15) is 0 Å². The first kappa shape index (κ1) is 22.1. The number of rotatable bonds is 7. The predicted molar refractivity (Wildman–Crippen MR) is 135 cm³/mol. The van der Waals surface area contributed by atoms with E-state index in [1.165, 1.54) is 7.11 Å². The molecule has 4 aromatic rings. The van der Waals surface area contributed by atoms with Gasteiger partial charge in [-0.15, -0.1) is 5.10 Å². The fourth-order valence-electron chi connectivity index (χ4n) is 3.60. The third-order valence-corrected chi connectivity index (χ3v) is 7.03. The minimum absolute atomic E-state index is 0.182. The Morgan fingerprint density at radius 3 is 2.79 bits per heavy atom. The SMILES string of the molecule is COC(=O)c1cc(C2CC2)nc(-c2cn(SI)c3ccc(-c4nnc(NC(C)C)o4)cc23)n1. The van der Waals surface area contributed by atoms with Crippen LogP contribution in [0.4, 0.5) is 6.01 Å². The van der Waals surface area contributed by atoms with Crippen LogP contribution in [0.3, 0.4) is 0 Å². The third-order valence-electron chi connectivity index (χ3n) is 5.31. The van der Waals surface area contributed by atoms with Crippen molar-refractivity contribution in [3.63, 3.8) is 0 Å². The predicted octanol–water partition coefficient (Wildman–Crippen LogP) is 5.48. The molecule has 11 heteroatoms. The highest BCUT2D eigenvalue weighted by molar-refractivity contribution is 14.2. The molecule has 9 nitrogen and oxygen atoms in total. The van der Waals surface area contributed by atoms with Crippen LogP contribution in [0, 0.1) is 0 Å². The first-order valence-corrected chi connectivity index (χ1v) is 13.8. The van der Waals surface area contributed by atoms with Gasteiger partial charge in [0.2, 0.25) is 5.89 Å². The second kappa shape index (κ2) is 8.93. The molecular formula is C22H21IN6O3S. The molecule has 3 aromatic heterocycles. The number of halogens is 1. The van der Waals surface area contributed by atoms with Crippen molar-refractivity contribution in [2.75, 3.05) is 12.4 Å². The molecule has 0 unspecified atom stereocenters. The number of hydrogen-bond donors (Lipinski definition) is 1. The molecule has 1 N–H and O–H groups in total. The van der Waals surface area contributed by atoms with E-state index in [1.807, 2.05) is 42.2 Å². The van der Waals surface area contributed by atoms with Crippen LogP contribution >= 0.6 is 30.3 Å². The number of methoxy groups -OCH3 is 1. The van der Waals surface area contributed by atoms with Crippen molar-refractivity contribution in [2.24, 2.45) is 0 Å². The number of fused-ring (bicyclic) bond motifs is 1. The van der Waals surface area contributed by atoms with Crippen molar-refractivity contribution in [3.05, 3.63) is 41.9 Å². The summed E-state index contributed by atoms with van der Waals surface area (Å²) in [7, 11) is 2.90. The quantitative estimate of drug-likeness (QED) is 0.226. The van der Waals surface area contributed by atoms with Crippen molar-refractivity contribution in [3.8, 4) is 22.8 Å². The Labute approximate surface area is 206 Å². The molecular weight excluding hydrogens is 555 g/mol. The number of ether oxygens (including phenoxy) is 1. The van der Waals surface area contributed by atoms with Gasteiger partial charge >= 0.3 is 12.0 Å². The van der Waals surface area contributed by atoms with Gasteiger partial charge in [-0.1, -0.05) is 5.10 Å². The van der Waals surface area contributed by atoms with Crippen LogP contribution in [0.1, 0.15) is 48.8 Å². The van der Waals surface area contributed by atoms with E-state index in [0.29, 0.717) is 23.6 Å². The van der Waals surface area contributed by atoms with Gasteiger partial charge in [0.1, 0.15) is 0 Å². The van der Waals surface area contributed by atoms with Crippen molar-refractivity contribution in [1.82, 2.24) is 24.1 Å². The summed E-state index contributed by atoms with van der Waals surface area (Å²) in [5.74, 6) is 0.815. The number of carbonyl (C=O) groups excluding carboxylic acids is 1. The molecule has 1 saturated carbocycles. The molecule has 0 radical (unpaired) electrons. The molecule has 0 atom stereocenters. The summed E-state index contributed by atoms with van der Waals surface area (Å²) < 4.78 is 12.8. The van der Waals surface area contributed by atoms with Gasteiger partial charge in [-0.3, -0.25) is 3.97 Å². The number of nitrogens with one attached hydrogen (secondary N) is 1. The van der Waals surface area contributed by atoms with Gasteiger partial charge in [0.05, 0.1) is 12.6 Å². The van der Waals surface area contributed by atoms with Gasteiger partial charge in [-0.25, -0.2) is 14.8 Å². The van der Waals surface area contributed by atoms with Crippen LogP contribution in [0.25, 0.3) is 33.7 Å². The van der Waals surface area contributed by atoms with Crippen LogP contribution in [-0.2, 0) is 4.74 Å². The average Bonchev–Trinajstić information content (AvgIpc) is 3.46. The lowest BCUT2D eigenvalue weighted by molar-refractivity contribution is 0.0593. The maximum atomic E-state index is 12.3. The van der Waals surface area contributed by atoms with Crippen LogP contribution in [0.15, 0.2) is 34.9 Å². The molecule has 0 saturated heterocycles. The number of esters is 1. The summed E-state index contributed by atoms with van der Waals surface area (Å²) in [5.41, 5.74) is 3.75. The summed E-state index contributed by atoms with van der Waals surface area (Å²) in [4.78, 5) is 21.6. The monoisotopic (exact) mass is 576 g/mol. The van der Waals surface area contributed by atoms with Gasteiger partial charge in [0.25, 0.3) is 0 Å². The van der Waals surface area contributed by atoms with Crippen molar-refractivity contribution >= 4 is 53.2 Å². The number of benzene rings is 1. The van der Waals surface area contributed by atoms with Crippen LogP contribution in [0.2, 0.25) is 0 Å². The van der Waals surface area contributed by atoms with E-state index in [0.717, 1.165) is 40.6 Å². The maximum Gasteiger partial charge on any atom is 0.356 e. The molecule has 3 heterocycles. The average molecular weight is 576 g/mol. The van der Waals surface area contributed by atoms with Gasteiger partial charge in [0.15, 0.2) is 11.5 Å². The topological polar surface area (TPSA) is 108 Å². The van der Waals surface area contributed by atoms with E-state index in [4.69, 9.17) is 14.1 Å². The van der Waals surface area contributed by atoms with Gasteiger partial charge < -0.3 is 14.5 Å². The Morgan fingerprint density at radius 2 is 2.09 bits per heavy atom. The zero-order chi connectivity index (χ0) is 23.1. The molecule has 170 valence electrons. The Bertz CT molecular complexity index is 1350. The van der Waals surface area contributed by atoms with E-state index >= 15 is 0 Å². The summed E-state index contributed by atoms with van der Waals surface area (Å²) >= 11 is 2.23. The van der Waals surface area contributed by atoms with E-state index in [2.05, 4.69) is 41.7 Å². The summed E-state index contributed by atoms with van der Waals surface area (Å²) in [6, 6.07) is 8.25. The molecule has 1 aliphatic carbocycles. The van der Waals surface area contributed by atoms with Crippen LogP contribution < -0.4 is 5.32 Å². The Balaban J connectivity index is 1.64. The molecule has 5 rings (SSSR count). The highest BCUT2D eigenvalue weighted by Gasteiger charge is 2.28. The first-order valence-electron chi connectivity index (χ1n) is 10.5. The minimum Gasteiger partial charge on any atom is -0.464 e. The Kier molecular flexibility index (Phi) is 5.99. The maximum absolute atomic E-state index is 12.3. The molecule has 0 amide bonds. The molecule has 0 bridgehead atoms. The Morgan fingerprint density at radius 1 is 1.27 bits per heavy atom. The summed E-state index contributed by atoms with van der Waals surface area (Å²) in [6.45, 7) is 4.01. The summed E-state index contributed by atoms with van der Waals surface area (Å²) in [6.07, 6.45) is 4.12. The third kappa shape index (κ3) is 4.43. The lowest BCUT2D eigenvalue weighted by Gasteiger charge is -2.06. The molecule has 33 heavy (non-hydrogen) atoms. The van der Waals surface area contributed by atoms with E-state index < -0.39 is 5.97 Å². The standard InChI is InChI=1S/C22H21IN6O3S/c1-11(2)24-22-28-27-20(32-22)13-6-7-18-14(8-13)15(10-29(18)33-23)19-25-16(12-4-5-12)9-17(26-19)21(30)31-3/h6-12H,4-5H2,1-3H3,(H,24,28). The summed E-state index contributed by atoms with van der Waals surface area (Å²) in [5, 5.41) is 12.3. The smallest absolute Gasteiger partial charge is 0.356 e. The molecule has 1 aliphatic rings. The second-order valence-electron chi connectivity index (χ2n) is 8.15. The van der Waals surface area contributed by atoms with Crippen molar-refractivity contribution in [2.45, 2.75) is 38.6 Å². The van der Waals surface area contributed by atoms with Crippen LogP contribution in [-0.4, -0.2) is 43.3 Å². The van der Waals surface area contributed by atoms with Gasteiger partial charge in [-0.05, 0) is 51.0 Å². The first-order chi connectivity index (χ1) is 16.0. The largest absolute Gasteiger partial charge is 0.464 e. The number of aromatic nitrogens is 5. The van der Waals surface area contributed by atoms with E-state index in [9.17, 15) is 4.79 Å². The van der Waals surface area contributed by atoms with Gasteiger partial charge in [0, 0.05) is 70.7 Å². The van der Waals surface area contributed by atoms with Crippen molar-refractivity contribution in [1.29, 1.82) is 0 Å². The lowest BCUT2D eigenvalue weighted by Crippen LogP contribution is -2.09. The fraction of sp³-hybridized carbons (Fsp3) is 0.318. The van der Waals surface area contributed by atoms with E-state index in [1.54, 1.807) is 15.2 Å². The molecule has 1 aromatic carbocycles. The number of carbonyl (C=O) groups is 1. The normalized spacial score (nSPS) is 13.6. The number of hydrogen-bond acceptors (Lipinski definition) is 9. The molecule has 1 fully saturated rings. The highest BCUT2D eigenvalue weighted by atomic mass is 127. The molecule has 0 spiro atoms. The van der Waals surface area contributed by atoms with Crippen LogP contribution in [0.5, 0.6) is 0 Å². The fourth-order valence-corrected chi connectivity index (χ4v) is 4.95. The second-order valence-corrected chi connectivity index (χ2v) is 9.86. The molecule has 0 aliphatic heterocycles. The number of nitrogens with zero attached hydrogens (tertiary/aromatic N) is 5. The highest BCUT2D eigenvalue weighted by Crippen LogP contribution is 2.41. The minimum atomic E-state index is -0.468. The van der Waals surface area contributed by atoms with Crippen molar-refractivity contribution < 1.29 is 13.9 Å². The lowest BCUT2D eigenvalue weighted by atomic mass is 10.1.